The number of phenolic OH excluding ortho intramolecular Hbond substituents is 1. The van der Waals surface area contributed by atoms with E-state index in [9.17, 15) is 9.90 Å². The zero-order chi connectivity index (χ0) is 17.3. The lowest BCUT2D eigenvalue weighted by atomic mass is 10.0. The highest BCUT2D eigenvalue weighted by Crippen LogP contribution is 2.39. The third-order valence-corrected chi connectivity index (χ3v) is 4.62. The van der Waals surface area contributed by atoms with Gasteiger partial charge in [0.15, 0.2) is 11.5 Å². The maximum absolute atomic E-state index is 13.0. The topological polar surface area (TPSA) is 62.7 Å². The first-order valence-electron chi connectivity index (χ1n) is 7.78. The van der Waals surface area contributed by atoms with Crippen molar-refractivity contribution >= 4 is 17.5 Å². The fourth-order valence-electron chi connectivity index (χ4n) is 3.18. The molecule has 2 atom stereocenters. The van der Waals surface area contributed by atoms with Gasteiger partial charge in [0.25, 0.3) is 5.91 Å². The summed E-state index contributed by atoms with van der Waals surface area (Å²) in [6, 6.07) is 6.85. The summed E-state index contributed by atoms with van der Waals surface area (Å²) >= 11 is 6.02. The summed E-state index contributed by atoms with van der Waals surface area (Å²) in [7, 11) is 1.43. The second-order valence-electron chi connectivity index (χ2n) is 6.11. The normalized spacial score (nSPS) is 20.2. The number of carbonyl (C=O) groups is 1. The molecule has 5 nitrogen and oxygen atoms in total. The quantitative estimate of drug-likeness (QED) is 0.921. The van der Waals surface area contributed by atoms with E-state index < -0.39 is 0 Å². The van der Waals surface area contributed by atoms with Crippen LogP contribution in [-0.4, -0.2) is 34.6 Å². The van der Waals surface area contributed by atoms with E-state index in [-0.39, 0.29) is 28.5 Å². The molecular weight excluding hydrogens is 328 g/mol. The summed E-state index contributed by atoms with van der Waals surface area (Å²) < 4.78 is 5.10. The molecule has 0 radical (unpaired) electrons. The summed E-state index contributed by atoms with van der Waals surface area (Å²) in [6.07, 6.45) is 4.41. The molecule has 1 fully saturated rings. The molecule has 1 aliphatic heterocycles. The van der Waals surface area contributed by atoms with Crippen molar-refractivity contribution in [1.29, 1.82) is 0 Å². The van der Waals surface area contributed by atoms with Crippen molar-refractivity contribution in [3.63, 3.8) is 0 Å². The number of carbonyl (C=O) groups excluding carboxylic acids is 1. The molecule has 0 bridgehead atoms. The molecule has 1 aliphatic rings. The van der Waals surface area contributed by atoms with Crippen LogP contribution in [0.5, 0.6) is 11.5 Å². The van der Waals surface area contributed by atoms with Crippen LogP contribution in [0.3, 0.4) is 0 Å². The Morgan fingerprint density at radius 2 is 2.25 bits per heavy atom. The second-order valence-corrected chi connectivity index (χ2v) is 6.52. The number of methoxy groups -OCH3 is 1. The summed E-state index contributed by atoms with van der Waals surface area (Å²) in [6.45, 7) is 2.79. The van der Waals surface area contributed by atoms with Gasteiger partial charge in [-0.15, -0.1) is 0 Å². The van der Waals surface area contributed by atoms with Crippen LogP contribution in [0.1, 0.15) is 35.3 Å². The van der Waals surface area contributed by atoms with Gasteiger partial charge in [-0.25, -0.2) is 0 Å². The third kappa shape index (κ3) is 3.04. The highest BCUT2D eigenvalue weighted by atomic mass is 35.5. The number of likely N-dealkylation sites (tertiary alicyclic amines) is 1. The maximum atomic E-state index is 13.0. The molecule has 0 aliphatic carbocycles. The fourth-order valence-corrected chi connectivity index (χ4v) is 3.39. The Hall–Kier alpha value is -2.27. The average Bonchev–Trinajstić information content (AvgIpc) is 2.99. The van der Waals surface area contributed by atoms with Gasteiger partial charge in [0.05, 0.1) is 18.2 Å². The molecule has 2 heterocycles. The number of amides is 1. The summed E-state index contributed by atoms with van der Waals surface area (Å²) in [5.41, 5.74) is 1.42. The van der Waals surface area contributed by atoms with Crippen LogP contribution in [0, 0.1) is 5.92 Å². The van der Waals surface area contributed by atoms with Gasteiger partial charge in [-0.2, -0.15) is 0 Å². The molecule has 24 heavy (non-hydrogen) atoms. The predicted octanol–water partition coefficient (Wildman–Crippen LogP) is 3.67. The summed E-state index contributed by atoms with van der Waals surface area (Å²) in [4.78, 5) is 19.0. The van der Waals surface area contributed by atoms with Crippen LogP contribution in [0.4, 0.5) is 0 Å². The Morgan fingerprint density at radius 1 is 1.46 bits per heavy atom. The molecule has 2 aromatic rings. The van der Waals surface area contributed by atoms with Gasteiger partial charge in [0.2, 0.25) is 0 Å². The number of rotatable bonds is 3. The van der Waals surface area contributed by atoms with Crippen LogP contribution >= 0.6 is 11.6 Å². The lowest BCUT2D eigenvalue weighted by molar-refractivity contribution is 0.0731. The van der Waals surface area contributed by atoms with Crippen LogP contribution < -0.4 is 4.74 Å². The second kappa shape index (κ2) is 6.69. The largest absolute Gasteiger partial charge is 0.503 e. The first kappa shape index (κ1) is 16.6. The van der Waals surface area contributed by atoms with Crippen molar-refractivity contribution in [1.82, 2.24) is 9.88 Å². The Labute approximate surface area is 145 Å². The smallest absolute Gasteiger partial charge is 0.254 e. The number of benzene rings is 1. The molecule has 1 aromatic heterocycles. The minimum atomic E-state index is -0.158. The Kier molecular flexibility index (Phi) is 4.62. The fraction of sp³-hybridized carbons (Fsp3) is 0.333. The van der Waals surface area contributed by atoms with E-state index in [0.717, 1.165) is 12.0 Å². The first-order chi connectivity index (χ1) is 11.5. The van der Waals surface area contributed by atoms with Crippen molar-refractivity contribution in [2.24, 2.45) is 5.92 Å². The van der Waals surface area contributed by atoms with E-state index in [1.807, 2.05) is 17.0 Å². The minimum Gasteiger partial charge on any atom is -0.503 e. The molecule has 0 spiro atoms. The predicted molar refractivity (Wildman–Crippen MR) is 91.5 cm³/mol. The minimum absolute atomic E-state index is 0.0141. The van der Waals surface area contributed by atoms with Gasteiger partial charge in [-0.1, -0.05) is 24.6 Å². The molecule has 0 saturated carbocycles. The first-order valence-corrected chi connectivity index (χ1v) is 8.16. The van der Waals surface area contributed by atoms with Crippen molar-refractivity contribution in [2.75, 3.05) is 13.7 Å². The number of ether oxygens (including phenoxy) is 1. The zero-order valence-electron chi connectivity index (χ0n) is 13.6. The number of halogens is 1. The van der Waals surface area contributed by atoms with E-state index in [4.69, 9.17) is 16.3 Å². The standard InChI is InChI=1S/C18H19ClN2O3/c1-11-6-15(12-4-3-5-20-9-12)21(10-11)18(23)13-7-14(19)17(22)16(8-13)24-2/h3-5,7-9,11,15,22H,6,10H2,1-2H3/t11-,15+/m1/s1. The highest BCUT2D eigenvalue weighted by molar-refractivity contribution is 6.32. The van der Waals surface area contributed by atoms with E-state index in [1.165, 1.54) is 19.2 Å². The molecule has 1 amide bonds. The number of aromatic hydroxyl groups is 1. The molecule has 0 unspecified atom stereocenters. The Morgan fingerprint density at radius 3 is 2.92 bits per heavy atom. The van der Waals surface area contributed by atoms with E-state index in [2.05, 4.69) is 11.9 Å². The lowest BCUT2D eigenvalue weighted by Crippen LogP contribution is -2.31. The Balaban J connectivity index is 1.95. The van der Waals surface area contributed by atoms with Crippen LogP contribution in [0.2, 0.25) is 5.02 Å². The van der Waals surface area contributed by atoms with Crippen molar-refractivity contribution in [3.05, 3.63) is 52.8 Å². The molecule has 126 valence electrons. The highest BCUT2D eigenvalue weighted by Gasteiger charge is 2.35. The van der Waals surface area contributed by atoms with Gasteiger partial charge >= 0.3 is 0 Å². The van der Waals surface area contributed by atoms with Gasteiger partial charge in [0.1, 0.15) is 0 Å². The number of nitrogens with zero attached hydrogens (tertiary/aromatic N) is 2. The van der Waals surface area contributed by atoms with E-state index in [0.29, 0.717) is 18.0 Å². The number of hydrogen-bond acceptors (Lipinski definition) is 4. The van der Waals surface area contributed by atoms with Crippen LogP contribution in [0.15, 0.2) is 36.7 Å². The molecule has 6 heteroatoms. The lowest BCUT2D eigenvalue weighted by Gasteiger charge is -2.25. The van der Waals surface area contributed by atoms with Gasteiger partial charge in [0, 0.05) is 24.5 Å². The Bertz CT molecular complexity index is 751. The van der Waals surface area contributed by atoms with Crippen molar-refractivity contribution < 1.29 is 14.6 Å². The number of hydrogen-bond donors (Lipinski definition) is 1. The summed E-state index contributed by atoms with van der Waals surface area (Å²) in [5, 5.41) is 9.95. The monoisotopic (exact) mass is 346 g/mol. The molecule has 3 rings (SSSR count). The third-order valence-electron chi connectivity index (χ3n) is 4.34. The van der Waals surface area contributed by atoms with Crippen LogP contribution in [-0.2, 0) is 0 Å². The molecule has 1 saturated heterocycles. The van der Waals surface area contributed by atoms with Gasteiger partial charge < -0.3 is 14.7 Å². The molecular formula is C18H19ClN2O3. The van der Waals surface area contributed by atoms with Crippen molar-refractivity contribution in [2.45, 2.75) is 19.4 Å². The number of aromatic nitrogens is 1. The number of pyridine rings is 1. The van der Waals surface area contributed by atoms with E-state index in [1.54, 1.807) is 12.4 Å². The molecule has 1 N–H and O–H groups in total. The zero-order valence-corrected chi connectivity index (χ0v) is 14.3. The maximum Gasteiger partial charge on any atom is 0.254 e. The average molecular weight is 347 g/mol. The van der Waals surface area contributed by atoms with Gasteiger partial charge in [-0.3, -0.25) is 9.78 Å². The SMILES string of the molecule is COc1cc(C(=O)N2C[C@H](C)C[C@H]2c2cccnc2)cc(Cl)c1O. The molecule has 1 aromatic carbocycles. The van der Waals surface area contributed by atoms with Crippen molar-refractivity contribution in [3.8, 4) is 11.5 Å². The summed E-state index contributed by atoms with van der Waals surface area (Å²) in [5.74, 6) is 0.299. The van der Waals surface area contributed by atoms with Crippen LogP contribution in [0.25, 0.3) is 0 Å². The number of phenols is 1. The van der Waals surface area contributed by atoms with E-state index >= 15 is 0 Å². The van der Waals surface area contributed by atoms with Gasteiger partial charge in [-0.05, 0) is 36.1 Å².